The summed E-state index contributed by atoms with van der Waals surface area (Å²) in [5.41, 5.74) is 15.4. The van der Waals surface area contributed by atoms with Gasteiger partial charge < -0.3 is 0 Å². The molecule has 4 nitrogen and oxygen atoms in total. The maximum Gasteiger partial charge on any atom is 0.160 e. The Labute approximate surface area is 297 Å². The number of aromatic nitrogens is 3. The highest BCUT2D eigenvalue weighted by atomic mass is 14.9. The zero-order valence-corrected chi connectivity index (χ0v) is 28.3. The van der Waals surface area contributed by atoms with Crippen molar-refractivity contribution in [3.8, 4) is 73.4 Å². The number of rotatable bonds is 5. The van der Waals surface area contributed by atoms with E-state index in [2.05, 4.69) is 122 Å². The van der Waals surface area contributed by atoms with E-state index in [0.717, 1.165) is 61.2 Å². The van der Waals surface area contributed by atoms with Crippen LogP contribution in [0.1, 0.15) is 30.5 Å². The maximum atomic E-state index is 9.65. The second kappa shape index (κ2) is 12.0. The molecule has 1 aliphatic carbocycles. The van der Waals surface area contributed by atoms with Gasteiger partial charge in [-0.15, -0.1) is 0 Å². The third-order valence-electron chi connectivity index (χ3n) is 10.1. The van der Waals surface area contributed by atoms with Crippen LogP contribution in [0.3, 0.4) is 0 Å². The second-order valence-electron chi connectivity index (χ2n) is 13.7. The van der Waals surface area contributed by atoms with Crippen LogP contribution < -0.4 is 0 Å². The third kappa shape index (κ3) is 5.37. The van der Waals surface area contributed by atoms with Gasteiger partial charge in [0.2, 0.25) is 0 Å². The molecule has 0 saturated carbocycles. The van der Waals surface area contributed by atoms with E-state index in [1.807, 2.05) is 60.8 Å². The molecule has 0 aliphatic heterocycles. The van der Waals surface area contributed by atoms with Crippen LogP contribution in [0.2, 0.25) is 0 Å². The summed E-state index contributed by atoms with van der Waals surface area (Å²) in [5.74, 6) is 0.683. The molecule has 0 spiro atoms. The molecule has 6 aromatic carbocycles. The number of hydrogen-bond acceptors (Lipinski definition) is 4. The minimum atomic E-state index is -0.250. The lowest BCUT2D eigenvalue weighted by Crippen LogP contribution is -2.15. The van der Waals surface area contributed by atoms with Gasteiger partial charge >= 0.3 is 0 Å². The zero-order valence-electron chi connectivity index (χ0n) is 28.3. The number of pyridine rings is 1. The van der Waals surface area contributed by atoms with Crippen LogP contribution in [0.15, 0.2) is 158 Å². The minimum absolute atomic E-state index is 0.250. The van der Waals surface area contributed by atoms with Crippen molar-refractivity contribution in [3.05, 3.63) is 175 Å². The molecule has 2 aromatic heterocycles. The van der Waals surface area contributed by atoms with Crippen molar-refractivity contribution in [2.75, 3.05) is 0 Å². The molecule has 2 heterocycles. The first-order chi connectivity index (χ1) is 24.9. The molecule has 9 rings (SSSR count). The van der Waals surface area contributed by atoms with Crippen molar-refractivity contribution in [2.24, 2.45) is 0 Å². The predicted molar refractivity (Wildman–Crippen MR) is 207 cm³/mol. The molecule has 51 heavy (non-hydrogen) atoms. The Morgan fingerprint density at radius 1 is 0.490 bits per heavy atom. The first kappa shape index (κ1) is 30.4. The van der Waals surface area contributed by atoms with E-state index in [9.17, 15) is 5.26 Å². The molecule has 0 unspecified atom stereocenters. The standard InChI is InChI=1S/C47H32N4/c1-47(2)41-22-30(29-48)15-19-39(41)40-20-18-34(26-42(40)47)36-23-37(35-17-16-32-14-9-21-49-43(32)27-35)25-38(24-36)45-28-44(31-10-5-3-6-11-31)50-46(51-45)33-12-7-4-8-13-33/h3-28H,1-2H3. The summed E-state index contributed by atoms with van der Waals surface area (Å²) >= 11 is 0. The molecule has 0 N–H and O–H groups in total. The Hall–Kier alpha value is -6.70. The Balaban J connectivity index is 1.25. The molecule has 0 amide bonds. The first-order valence-electron chi connectivity index (χ1n) is 17.2. The molecule has 240 valence electrons. The molecule has 4 heteroatoms. The summed E-state index contributed by atoms with van der Waals surface area (Å²) in [6.45, 7) is 4.51. The first-order valence-corrected chi connectivity index (χ1v) is 17.2. The lowest BCUT2D eigenvalue weighted by Gasteiger charge is -2.22. The Morgan fingerprint density at radius 3 is 1.82 bits per heavy atom. The van der Waals surface area contributed by atoms with E-state index in [1.54, 1.807) is 0 Å². The average Bonchev–Trinajstić information content (AvgIpc) is 3.42. The van der Waals surface area contributed by atoms with E-state index in [0.29, 0.717) is 11.4 Å². The smallest absolute Gasteiger partial charge is 0.160 e. The molecule has 0 fully saturated rings. The fraction of sp³-hybridized carbons (Fsp3) is 0.0638. The SMILES string of the molecule is CC1(C)c2cc(C#N)ccc2-c2ccc(-c3cc(-c4ccc5cccnc5c4)cc(-c4cc(-c5ccccc5)nc(-c5ccccc5)n4)c3)cc21. The van der Waals surface area contributed by atoms with Crippen molar-refractivity contribution < 1.29 is 0 Å². The van der Waals surface area contributed by atoms with Crippen LogP contribution in [0.4, 0.5) is 0 Å². The summed E-state index contributed by atoms with van der Waals surface area (Å²) in [4.78, 5) is 14.9. The highest BCUT2D eigenvalue weighted by Gasteiger charge is 2.35. The largest absolute Gasteiger partial charge is 0.256 e. The van der Waals surface area contributed by atoms with Gasteiger partial charge in [0.15, 0.2) is 5.82 Å². The number of fused-ring (bicyclic) bond motifs is 4. The van der Waals surface area contributed by atoms with Crippen LogP contribution in [0.5, 0.6) is 0 Å². The van der Waals surface area contributed by atoms with E-state index < -0.39 is 0 Å². The fourth-order valence-electron chi connectivity index (χ4n) is 7.41. The van der Waals surface area contributed by atoms with Crippen LogP contribution in [0.25, 0.3) is 78.2 Å². The van der Waals surface area contributed by atoms with Crippen LogP contribution >= 0.6 is 0 Å². The molecule has 0 saturated heterocycles. The summed E-state index contributed by atoms with van der Waals surface area (Å²) in [6, 6.07) is 55.0. The van der Waals surface area contributed by atoms with Crippen LogP contribution in [-0.4, -0.2) is 15.0 Å². The molecule has 8 aromatic rings. The van der Waals surface area contributed by atoms with Crippen LogP contribution in [0, 0.1) is 11.3 Å². The Kier molecular flexibility index (Phi) is 7.15. The summed E-state index contributed by atoms with van der Waals surface area (Å²) in [5, 5.41) is 10.8. The predicted octanol–water partition coefficient (Wildman–Crippen LogP) is 11.5. The lowest BCUT2D eigenvalue weighted by molar-refractivity contribution is 0.660. The molecular weight excluding hydrogens is 621 g/mol. The molecule has 0 bridgehead atoms. The average molecular weight is 653 g/mol. The van der Waals surface area contributed by atoms with Crippen molar-refractivity contribution in [1.82, 2.24) is 15.0 Å². The summed E-state index contributed by atoms with van der Waals surface area (Å²) < 4.78 is 0. The Morgan fingerprint density at radius 2 is 1.10 bits per heavy atom. The van der Waals surface area contributed by atoms with Gasteiger partial charge in [0.1, 0.15) is 0 Å². The van der Waals surface area contributed by atoms with Gasteiger partial charge in [-0.2, -0.15) is 5.26 Å². The highest BCUT2D eigenvalue weighted by Crippen LogP contribution is 2.50. The van der Waals surface area contributed by atoms with Gasteiger partial charge in [-0.1, -0.05) is 111 Å². The van der Waals surface area contributed by atoms with Gasteiger partial charge in [0.05, 0.1) is 28.5 Å². The van der Waals surface area contributed by atoms with Gasteiger partial charge in [-0.3, -0.25) is 4.98 Å². The number of benzene rings is 6. The van der Waals surface area contributed by atoms with Gasteiger partial charge in [-0.05, 0) is 99.1 Å². The number of hydrogen-bond donors (Lipinski definition) is 0. The monoisotopic (exact) mass is 652 g/mol. The normalized spacial score (nSPS) is 12.6. The molecule has 0 atom stereocenters. The number of nitriles is 1. The van der Waals surface area contributed by atoms with Gasteiger partial charge in [-0.25, -0.2) is 9.97 Å². The molecule has 1 aliphatic rings. The fourth-order valence-corrected chi connectivity index (χ4v) is 7.41. The maximum absolute atomic E-state index is 9.65. The molecular formula is C47H32N4. The van der Waals surface area contributed by atoms with E-state index >= 15 is 0 Å². The van der Waals surface area contributed by atoms with Crippen molar-refractivity contribution in [1.29, 1.82) is 5.26 Å². The van der Waals surface area contributed by atoms with Gasteiger partial charge in [0.25, 0.3) is 0 Å². The minimum Gasteiger partial charge on any atom is -0.256 e. The zero-order chi connectivity index (χ0) is 34.5. The van der Waals surface area contributed by atoms with Crippen molar-refractivity contribution >= 4 is 10.9 Å². The second-order valence-corrected chi connectivity index (χ2v) is 13.7. The number of nitrogens with zero attached hydrogens (tertiary/aromatic N) is 4. The van der Waals surface area contributed by atoms with E-state index in [1.165, 1.54) is 22.3 Å². The van der Waals surface area contributed by atoms with Crippen molar-refractivity contribution in [2.45, 2.75) is 19.3 Å². The Bertz CT molecular complexity index is 2610. The third-order valence-corrected chi connectivity index (χ3v) is 10.1. The van der Waals surface area contributed by atoms with Gasteiger partial charge in [0, 0.05) is 33.7 Å². The van der Waals surface area contributed by atoms with E-state index in [4.69, 9.17) is 9.97 Å². The quantitative estimate of drug-likeness (QED) is 0.186. The molecule has 0 radical (unpaired) electrons. The van der Waals surface area contributed by atoms with Crippen molar-refractivity contribution in [3.63, 3.8) is 0 Å². The van der Waals surface area contributed by atoms with Crippen LogP contribution in [-0.2, 0) is 5.41 Å². The highest BCUT2D eigenvalue weighted by molar-refractivity contribution is 5.89. The lowest BCUT2D eigenvalue weighted by atomic mass is 9.81. The summed E-state index contributed by atoms with van der Waals surface area (Å²) in [7, 11) is 0. The topological polar surface area (TPSA) is 62.5 Å². The summed E-state index contributed by atoms with van der Waals surface area (Å²) in [6.07, 6.45) is 1.84. The van der Waals surface area contributed by atoms with E-state index in [-0.39, 0.29) is 5.41 Å².